The maximum absolute atomic E-state index is 13.5. The van der Waals surface area contributed by atoms with E-state index in [1.54, 1.807) is 11.8 Å². The molecule has 204 valence electrons. The first-order valence-corrected chi connectivity index (χ1v) is 14.3. The molecule has 3 rings (SSSR count). The SMILES string of the molecule is CCOC(=O)c1nc(C(=O)N2CCCC[C@@H]2C)c(-c2ccc(S(=O)(=O)N[C@@H](C)C(F)(F)F)c(Cl)c2Cl)s1. The van der Waals surface area contributed by atoms with E-state index < -0.39 is 44.0 Å². The number of likely N-dealkylation sites (tertiary alicyclic amines) is 1. The molecular formula is C22H24Cl2F3N3O5S2. The molecule has 1 aliphatic rings. The molecule has 15 heteroatoms. The summed E-state index contributed by atoms with van der Waals surface area (Å²) < 4.78 is 70.5. The van der Waals surface area contributed by atoms with Gasteiger partial charge in [-0.3, -0.25) is 4.79 Å². The van der Waals surface area contributed by atoms with E-state index in [4.69, 9.17) is 27.9 Å². The quantitative estimate of drug-likeness (QED) is 0.418. The molecule has 37 heavy (non-hydrogen) atoms. The summed E-state index contributed by atoms with van der Waals surface area (Å²) in [5.74, 6) is -1.20. The molecule has 0 aliphatic carbocycles. The number of sulfonamides is 1. The zero-order valence-corrected chi connectivity index (χ0v) is 23.1. The predicted octanol–water partition coefficient (Wildman–Crippen LogP) is 5.54. The first-order chi connectivity index (χ1) is 17.2. The Hall–Kier alpha value is -1.93. The van der Waals surface area contributed by atoms with Gasteiger partial charge in [-0.25, -0.2) is 18.2 Å². The van der Waals surface area contributed by atoms with Gasteiger partial charge in [0.1, 0.15) is 16.6 Å². The minimum Gasteiger partial charge on any atom is -0.461 e. The number of alkyl halides is 3. The Morgan fingerprint density at radius 3 is 2.54 bits per heavy atom. The van der Waals surface area contributed by atoms with Gasteiger partial charge in [-0.05, 0) is 46.1 Å². The van der Waals surface area contributed by atoms with E-state index in [1.165, 1.54) is 10.8 Å². The van der Waals surface area contributed by atoms with E-state index in [9.17, 15) is 31.2 Å². The molecule has 0 unspecified atom stereocenters. The van der Waals surface area contributed by atoms with Crippen LogP contribution < -0.4 is 4.72 Å². The highest BCUT2D eigenvalue weighted by Gasteiger charge is 2.40. The lowest BCUT2D eigenvalue weighted by atomic mass is 10.0. The normalized spacial score (nSPS) is 17.5. The van der Waals surface area contributed by atoms with Crippen LogP contribution in [0.4, 0.5) is 13.2 Å². The van der Waals surface area contributed by atoms with Crippen molar-refractivity contribution in [2.24, 2.45) is 0 Å². The summed E-state index contributed by atoms with van der Waals surface area (Å²) in [6.45, 7) is 4.71. The zero-order chi connectivity index (χ0) is 27.7. The Morgan fingerprint density at radius 1 is 1.27 bits per heavy atom. The summed E-state index contributed by atoms with van der Waals surface area (Å²) in [7, 11) is -4.71. The highest BCUT2D eigenvalue weighted by Crippen LogP contribution is 2.42. The summed E-state index contributed by atoms with van der Waals surface area (Å²) in [5.41, 5.74) is 0.00902. The molecule has 1 saturated heterocycles. The van der Waals surface area contributed by atoms with Crippen molar-refractivity contribution in [3.63, 3.8) is 0 Å². The number of carbonyl (C=O) groups excluding carboxylic acids is 2. The molecule has 0 radical (unpaired) electrons. The molecule has 2 atom stereocenters. The summed E-state index contributed by atoms with van der Waals surface area (Å²) in [5, 5.41) is -0.990. The van der Waals surface area contributed by atoms with Gasteiger partial charge in [-0.15, -0.1) is 11.3 Å². The van der Waals surface area contributed by atoms with Crippen LogP contribution in [-0.2, 0) is 14.8 Å². The van der Waals surface area contributed by atoms with Crippen molar-refractivity contribution in [1.82, 2.24) is 14.6 Å². The molecule has 0 saturated carbocycles. The summed E-state index contributed by atoms with van der Waals surface area (Å²) in [6.07, 6.45) is -2.28. The molecule has 1 amide bonds. The Bertz CT molecular complexity index is 1300. The van der Waals surface area contributed by atoms with E-state index in [2.05, 4.69) is 4.98 Å². The number of hydrogen-bond donors (Lipinski definition) is 1. The van der Waals surface area contributed by atoms with Gasteiger partial charge in [0.15, 0.2) is 0 Å². The lowest BCUT2D eigenvalue weighted by molar-refractivity contribution is -0.147. The van der Waals surface area contributed by atoms with Crippen LogP contribution >= 0.6 is 34.5 Å². The van der Waals surface area contributed by atoms with Crippen LogP contribution in [0, 0.1) is 0 Å². The first kappa shape index (κ1) is 29.6. The number of aromatic nitrogens is 1. The number of nitrogens with zero attached hydrogens (tertiary/aromatic N) is 2. The topological polar surface area (TPSA) is 106 Å². The Balaban J connectivity index is 2.10. The second kappa shape index (κ2) is 11.4. The van der Waals surface area contributed by atoms with Crippen LogP contribution in [0.5, 0.6) is 0 Å². The van der Waals surface area contributed by atoms with E-state index in [0.717, 1.165) is 36.7 Å². The van der Waals surface area contributed by atoms with Crippen molar-refractivity contribution in [2.75, 3.05) is 13.2 Å². The number of carbonyl (C=O) groups is 2. The van der Waals surface area contributed by atoms with Gasteiger partial charge in [0.25, 0.3) is 5.91 Å². The molecule has 1 N–H and O–H groups in total. The second-order valence-corrected chi connectivity index (χ2v) is 11.8. The average molecular weight is 602 g/mol. The Kier molecular flexibility index (Phi) is 9.16. The number of ether oxygens (including phenoxy) is 1. The van der Waals surface area contributed by atoms with Gasteiger partial charge < -0.3 is 9.64 Å². The number of amides is 1. The summed E-state index contributed by atoms with van der Waals surface area (Å²) in [4.78, 5) is 31.2. The van der Waals surface area contributed by atoms with Gasteiger partial charge in [0, 0.05) is 18.2 Å². The van der Waals surface area contributed by atoms with Gasteiger partial charge in [0.2, 0.25) is 15.0 Å². The van der Waals surface area contributed by atoms with Gasteiger partial charge in [-0.2, -0.15) is 17.9 Å². The fourth-order valence-electron chi connectivity index (χ4n) is 3.74. The number of benzene rings is 1. The van der Waals surface area contributed by atoms with E-state index >= 15 is 0 Å². The van der Waals surface area contributed by atoms with E-state index in [1.807, 2.05) is 6.92 Å². The number of nitrogens with one attached hydrogen (secondary N) is 1. The van der Waals surface area contributed by atoms with Crippen LogP contribution in [0.25, 0.3) is 10.4 Å². The number of hydrogen-bond acceptors (Lipinski definition) is 7. The molecule has 1 aromatic heterocycles. The average Bonchev–Trinajstić information content (AvgIpc) is 3.25. The van der Waals surface area contributed by atoms with Gasteiger partial charge >= 0.3 is 12.1 Å². The number of esters is 1. The molecular weight excluding hydrogens is 578 g/mol. The molecule has 1 aliphatic heterocycles. The molecule has 1 fully saturated rings. The van der Waals surface area contributed by atoms with Crippen LogP contribution in [0.15, 0.2) is 17.0 Å². The predicted molar refractivity (Wildman–Crippen MR) is 134 cm³/mol. The number of thiazole rings is 1. The minimum absolute atomic E-state index is 0.0721. The fraction of sp³-hybridized carbons (Fsp3) is 0.500. The third-order valence-electron chi connectivity index (χ3n) is 5.75. The van der Waals surface area contributed by atoms with Crippen molar-refractivity contribution in [3.05, 3.63) is 32.9 Å². The first-order valence-electron chi connectivity index (χ1n) is 11.2. The smallest absolute Gasteiger partial charge is 0.404 e. The molecule has 8 nitrogen and oxygen atoms in total. The van der Waals surface area contributed by atoms with Crippen LogP contribution in [0.3, 0.4) is 0 Å². The standard InChI is InChI=1S/C22H24Cl2F3N3O5S2/c1-4-35-21(32)19-28-17(20(31)30-10-6-5-7-11(30)2)18(36-19)13-8-9-14(16(24)15(13)23)37(33,34)29-12(3)22(25,26)27/h8-9,11-12,29H,4-7,10H2,1-3H3/t11-,12-/m0/s1. The van der Waals surface area contributed by atoms with E-state index in [0.29, 0.717) is 13.5 Å². The monoisotopic (exact) mass is 601 g/mol. The molecule has 0 bridgehead atoms. The van der Waals surface area contributed by atoms with Crippen molar-refractivity contribution in [1.29, 1.82) is 0 Å². The Morgan fingerprint density at radius 2 is 1.95 bits per heavy atom. The molecule has 0 spiro atoms. The van der Waals surface area contributed by atoms with Crippen molar-refractivity contribution >= 4 is 56.4 Å². The van der Waals surface area contributed by atoms with Crippen molar-refractivity contribution < 1.29 is 35.9 Å². The lowest BCUT2D eigenvalue weighted by Crippen LogP contribution is -2.43. The minimum atomic E-state index is -4.82. The van der Waals surface area contributed by atoms with Crippen molar-refractivity contribution in [3.8, 4) is 10.4 Å². The zero-order valence-electron chi connectivity index (χ0n) is 20.0. The van der Waals surface area contributed by atoms with Crippen molar-refractivity contribution in [2.45, 2.75) is 63.2 Å². The number of rotatable bonds is 7. The number of halogens is 5. The molecule has 2 aromatic rings. The maximum Gasteiger partial charge on any atom is 0.404 e. The van der Waals surface area contributed by atoms with E-state index in [-0.39, 0.29) is 38.8 Å². The third-order valence-corrected chi connectivity index (χ3v) is 9.39. The summed E-state index contributed by atoms with van der Waals surface area (Å²) in [6, 6.07) is -0.261. The number of piperidine rings is 1. The lowest BCUT2D eigenvalue weighted by Gasteiger charge is -2.33. The van der Waals surface area contributed by atoms with Crippen LogP contribution in [-0.4, -0.2) is 61.6 Å². The second-order valence-electron chi connectivity index (χ2n) is 8.38. The maximum atomic E-state index is 13.5. The van der Waals surface area contributed by atoms with Gasteiger partial charge in [-0.1, -0.05) is 29.3 Å². The van der Waals surface area contributed by atoms with Crippen LogP contribution in [0.1, 0.15) is 60.3 Å². The summed E-state index contributed by atoms with van der Waals surface area (Å²) >= 11 is 13.4. The van der Waals surface area contributed by atoms with Crippen LogP contribution in [0.2, 0.25) is 10.0 Å². The highest BCUT2D eigenvalue weighted by molar-refractivity contribution is 7.89. The Labute approximate surface area is 226 Å². The highest BCUT2D eigenvalue weighted by atomic mass is 35.5. The third kappa shape index (κ3) is 6.39. The fourth-order valence-corrected chi connectivity index (χ4v) is 6.88. The largest absolute Gasteiger partial charge is 0.461 e. The molecule has 1 aromatic carbocycles. The van der Waals surface area contributed by atoms with Gasteiger partial charge in [0.05, 0.1) is 21.5 Å². The molecule has 2 heterocycles.